The Balaban J connectivity index is 1.47. The highest BCUT2D eigenvalue weighted by atomic mass is 19.3. The minimum atomic E-state index is -2.79. The van der Waals surface area contributed by atoms with Gasteiger partial charge in [-0.05, 0) is 24.3 Å². The molecule has 4 rings (SSSR count). The third kappa shape index (κ3) is 3.41. The molecule has 8 heteroatoms. The summed E-state index contributed by atoms with van der Waals surface area (Å²) in [6.45, 7) is -3.17. The summed E-state index contributed by atoms with van der Waals surface area (Å²) in [5, 5.41) is 0. The number of carbonyl (C=O) groups is 1. The lowest BCUT2D eigenvalue weighted by Gasteiger charge is -2.07. The Morgan fingerprint density at radius 1 is 1.11 bits per heavy atom. The van der Waals surface area contributed by atoms with Crippen molar-refractivity contribution in [1.29, 1.82) is 0 Å². The molecule has 0 spiro atoms. The van der Waals surface area contributed by atoms with E-state index in [4.69, 9.17) is 9.15 Å². The number of imidazole rings is 1. The predicted molar refractivity (Wildman–Crippen MR) is 93.8 cm³/mol. The smallest absolute Gasteiger partial charge is 0.331 e. The molecule has 0 bridgehead atoms. The SMILES string of the molecule is O=C(C=Cc1nc2ccccc2o1)OCc1nc2ccccc2n1C(F)F. The first-order chi connectivity index (χ1) is 13.1. The van der Waals surface area contributed by atoms with Gasteiger partial charge in [0.25, 0.3) is 0 Å². The van der Waals surface area contributed by atoms with Crippen LogP contribution in [-0.4, -0.2) is 20.5 Å². The maximum Gasteiger partial charge on any atom is 0.331 e. The van der Waals surface area contributed by atoms with Gasteiger partial charge in [-0.15, -0.1) is 0 Å². The van der Waals surface area contributed by atoms with Crippen LogP contribution in [0.15, 0.2) is 59.0 Å². The Morgan fingerprint density at radius 3 is 2.63 bits per heavy atom. The van der Waals surface area contributed by atoms with E-state index in [1.165, 1.54) is 12.1 Å². The van der Waals surface area contributed by atoms with Gasteiger partial charge in [0.15, 0.2) is 11.4 Å². The first-order valence-electron chi connectivity index (χ1n) is 8.06. The van der Waals surface area contributed by atoms with Gasteiger partial charge < -0.3 is 9.15 Å². The zero-order chi connectivity index (χ0) is 18.8. The predicted octanol–water partition coefficient (Wildman–Crippen LogP) is 4.33. The second kappa shape index (κ2) is 6.99. The van der Waals surface area contributed by atoms with Crippen LogP contribution in [0.1, 0.15) is 18.3 Å². The number of nitrogens with zero attached hydrogens (tertiary/aromatic N) is 3. The molecule has 0 fully saturated rings. The van der Waals surface area contributed by atoms with Gasteiger partial charge in [-0.1, -0.05) is 24.3 Å². The van der Waals surface area contributed by atoms with Crippen LogP contribution in [0.2, 0.25) is 0 Å². The van der Waals surface area contributed by atoms with Crippen LogP contribution in [0.4, 0.5) is 8.78 Å². The van der Waals surface area contributed by atoms with E-state index < -0.39 is 12.5 Å². The lowest BCUT2D eigenvalue weighted by molar-refractivity contribution is -0.139. The quantitative estimate of drug-likeness (QED) is 0.387. The third-order valence-electron chi connectivity index (χ3n) is 3.88. The van der Waals surface area contributed by atoms with Gasteiger partial charge in [-0.2, -0.15) is 8.78 Å². The topological polar surface area (TPSA) is 70.2 Å². The number of esters is 1. The number of benzene rings is 2. The summed E-state index contributed by atoms with van der Waals surface area (Å²) in [4.78, 5) is 20.2. The lowest BCUT2D eigenvalue weighted by Crippen LogP contribution is -2.09. The number of hydrogen-bond donors (Lipinski definition) is 0. The van der Waals surface area contributed by atoms with Crippen LogP contribution < -0.4 is 0 Å². The van der Waals surface area contributed by atoms with E-state index in [9.17, 15) is 13.6 Å². The van der Waals surface area contributed by atoms with Gasteiger partial charge >= 0.3 is 12.5 Å². The molecule has 0 atom stereocenters. The molecule has 0 N–H and O–H groups in total. The van der Waals surface area contributed by atoms with Gasteiger partial charge in [-0.25, -0.2) is 14.8 Å². The summed E-state index contributed by atoms with van der Waals surface area (Å²) in [6.07, 6.45) is 2.48. The maximum absolute atomic E-state index is 13.3. The van der Waals surface area contributed by atoms with Crippen molar-refractivity contribution < 1.29 is 22.7 Å². The molecule has 4 aromatic rings. The van der Waals surface area contributed by atoms with Gasteiger partial charge in [0.05, 0.1) is 11.0 Å². The number of rotatable bonds is 5. The minimum Gasteiger partial charge on any atom is -0.454 e. The Morgan fingerprint density at radius 2 is 1.85 bits per heavy atom. The van der Waals surface area contributed by atoms with E-state index in [1.54, 1.807) is 30.3 Å². The molecule has 0 radical (unpaired) electrons. The molecule has 0 amide bonds. The monoisotopic (exact) mass is 369 g/mol. The first-order valence-corrected chi connectivity index (χ1v) is 8.06. The van der Waals surface area contributed by atoms with Crippen LogP contribution in [0.25, 0.3) is 28.2 Å². The third-order valence-corrected chi connectivity index (χ3v) is 3.88. The summed E-state index contributed by atoms with van der Waals surface area (Å²) < 4.78 is 37.9. The average molecular weight is 369 g/mol. The number of oxazole rings is 1. The average Bonchev–Trinajstić information content (AvgIpc) is 3.25. The maximum atomic E-state index is 13.3. The highest BCUT2D eigenvalue weighted by molar-refractivity contribution is 5.87. The number of fused-ring (bicyclic) bond motifs is 2. The summed E-state index contributed by atoms with van der Waals surface area (Å²) >= 11 is 0. The van der Waals surface area contributed by atoms with E-state index in [0.29, 0.717) is 16.6 Å². The van der Waals surface area contributed by atoms with Gasteiger partial charge in [0.2, 0.25) is 5.89 Å². The van der Waals surface area contributed by atoms with Crippen molar-refractivity contribution in [3.05, 3.63) is 66.3 Å². The first kappa shape index (κ1) is 16.9. The molecule has 0 saturated carbocycles. The Labute approximate surface area is 151 Å². The molecule has 2 heterocycles. The normalized spacial score (nSPS) is 11.8. The van der Waals surface area contributed by atoms with Gasteiger partial charge in [0.1, 0.15) is 12.1 Å². The largest absolute Gasteiger partial charge is 0.454 e. The van der Waals surface area contributed by atoms with E-state index in [1.807, 2.05) is 12.1 Å². The van der Waals surface area contributed by atoms with E-state index in [0.717, 1.165) is 10.6 Å². The van der Waals surface area contributed by atoms with Crippen molar-refractivity contribution in [1.82, 2.24) is 14.5 Å². The highest BCUT2D eigenvalue weighted by Gasteiger charge is 2.18. The molecule has 6 nitrogen and oxygen atoms in total. The zero-order valence-corrected chi connectivity index (χ0v) is 13.9. The van der Waals surface area contributed by atoms with E-state index in [2.05, 4.69) is 9.97 Å². The van der Waals surface area contributed by atoms with E-state index in [-0.39, 0.29) is 23.8 Å². The van der Waals surface area contributed by atoms with Gasteiger partial charge in [-0.3, -0.25) is 4.57 Å². The fourth-order valence-corrected chi connectivity index (χ4v) is 2.70. The number of para-hydroxylation sites is 4. The number of aromatic nitrogens is 3. The molecule has 2 aromatic heterocycles. The number of alkyl halides is 2. The van der Waals surface area contributed by atoms with Crippen molar-refractivity contribution in [3.63, 3.8) is 0 Å². The van der Waals surface area contributed by atoms with Crippen molar-refractivity contribution in [2.75, 3.05) is 0 Å². The van der Waals surface area contributed by atoms with E-state index >= 15 is 0 Å². The zero-order valence-electron chi connectivity index (χ0n) is 13.9. The van der Waals surface area contributed by atoms with Crippen LogP contribution in [0.5, 0.6) is 0 Å². The molecule has 0 aliphatic rings. The van der Waals surface area contributed by atoms with Crippen molar-refractivity contribution in [2.45, 2.75) is 13.2 Å². The molecule has 0 aliphatic carbocycles. The summed E-state index contributed by atoms with van der Waals surface area (Å²) in [6, 6.07) is 13.7. The number of hydrogen-bond acceptors (Lipinski definition) is 5. The van der Waals surface area contributed by atoms with Gasteiger partial charge in [0, 0.05) is 12.2 Å². The minimum absolute atomic E-state index is 0.0326. The van der Waals surface area contributed by atoms with Crippen molar-refractivity contribution >= 4 is 34.2 Å². The molecule has 27 heavy (non-hydrogen) atoms. The van der Waals surface area contributed by atoms with Crippen molar-refractivity contribution in [3.8, 4) is 0 Å². The lowest BCUT2D eigenvalue weighted by atomic mass is 10.3. The van der Waals surface area contributed by atoms with Crippen molar-refractivity contribution in [2.24, 2.45) is 0 Å². The molecular formula is C19H13F2N3O3. The van der Waals surface area contributed by atoms with Crippen LogP contribution >= 0.6 is 0 Å². The molecule has 0 saturated heterocycles. The number of halogens is 2. The summed E-state index contributed by atoms with van der Waals surface area (Å²) in [5.74, 6) is -0.507. The summed E-state index contributed by atoms with van der Waals surface area (Å²) in [7, 11) is 0. The summed E-state index contributed by atoms with van der Waals surface area (Å²) in [5.41, 5.74) is 1.94. The fourth-order valence-electron chi connectivity index (χ4n) is 2.70. The van der Waals surface area contributed by atoms with Crippen LogP contribution in [0.3, 0.4) is 0 Å². The molecular weight excluding hydrogens is 356 g/mol. The second-order valence-corrected chi connectivity index (χ2v) is 5.63. The Hall–Kier alpha value is -3.55. The molecule has 0 aliphatic heterocycles. The Kier molecular flexibility index (Phi) is 4.37. The fraction of sp³-hybridized carbons (Fsp3) is 0.105. The molecule has 0 unspecified atom stereocenters. The Bertz CT molecular complexity index is 1110. The second-order valence-electron chi connectivity index (χ2n) is 5.63. The van der Waals surface area contributed by atoms with Crippen LogP contribution in [-0.2, 0) is 16.1 Å². The molecule has 2 aromatic carbocycles. The standard InChI is InChI=1S/C19H13F2N3O3/c20-19(21)24-14-7-3-1-5-12(14)22-16(24)11-26-18(25)10-9-17-23-13-6-2-4-8-15(13)27-17/h1-10,19H,11H2. The number of carbonyl (C=O) groups excluding carboxylic acids is 1. The molecule has 136 valence electrons. The van der Waals surface area contributed by atoms with Crippen LogP contribution in [0, 0.1) is 0 Å². The highest BCUT2D eigenvalue weighted by Crippen LogP contribution is 2.23. The number of ether oxygens (including phenoxy) is 1.